The minimum Gasteiger partial charge on any atom is -0.351 e. The quantitative estimate of drug-likeness (QED) is 0.840. The van der Waals surface area contributed by atoms with Gasteiger partial charge in [-0.3, -0.25) is 9.36 Å². The molecule has 0 spiro atoms. The van der Waals surface area contributed by atoms with Crippen molar-refractivity contribution in [2.24, 2.45) is 0 Å². The van der Waals surface area contributed by atoms with Crippen molar-refractivity contribution in [3.8, 4) is 0 Å². The molecule has 0 saturated heterocycles. The number of pyridine rings is 1. The third-order valence-electron chi connectivity index (χ3n) is 5.01. The molecule has 2 heterocycles. The maximum Gasteiger partial charge on any atom is 0.266 e. The van der Waals surface area contributed by atoms with Crippen LogP contribution in [0.15, 0.2) is 21.5 Å². The van der Waals surface area contributed by atoms with E-state index in [1.807, 2.05) is 13.8 Å². The second kappa shape index (κ2) is 7.41. The van der Waals surface area contributed by atoms with Crippen molar-refractivity contribution in [2.45, 2.75) is 57.7 Å². The van der Waals surface area contributed by atoms with E-state index in [1.165, 1.54) is 12.8 Å². The van der Waals surface area contributed by atoms with E-state index in [2.05, 4.69) is 50.2 Å². The molecular formula is C18H26BrN5O. The van der Waals surface area contributed by atoms with Gasteiger partial charge in [0.15, 0.2) is 0 Å². The zero-order valence-electron chi connectivity index (χ0n) is 15.3. The van der Waals surface area contributed by atoms with Crippen LogP contribution in [0.2, 0.25) is 0 Å². The van der Waals surface area contributed by atoms with Gasteiger partial charge in [0.05, 0.1) is 4.47 Å². The first-order valence-corrected chi connectivity index (χ1v) is 9.67. The minimum atomic E-state index is -0.0568. The summed E-state index contributed by atoms with van der Waals surface area (Å²) in [6.07, 6.45) is 6.38. The molecule has 0 amide bonds. The van der Waals surface area contributed by atoms with Crippen LogP contribution in [-0.2, 0) is 0 Å². The Morgan fingerprint density at radius 3 is 2.56 bits per heavy atom. The standard InChI is InChI=1S/C18H26BrN5O/c1-11(2)24-16-12(9-15(19)17(24)25)10-20-18(22-16)21-13-5-7-14(8-6-13)23(3)4/h9-11,13-14H,5-8H2,1-4H3,(H,20,21,22)/t13-,14-. The number of anilines is 1. The van der Waals surface area contributed by atoms with Gasteiger partial charge in [-0.1, -0.05) is 0 Å². The van der Waals surface area contributed by atoms with Crippen molar-refractivity contribution in [3.63, 3.8) is 0 Å². The molecule has 1 N–H and O–H groups in total. The van der Waals surface area contributed by atoms with E-state index in [1.54, 1.807) is 16.8 Å². The second-order valence-electron chi connectivity index (χ2n) is 7.35. The Morgan fingerprint density at radius 2 is 1.96 bits per heavy atom. The van der Waals surface area contributed by atoms with E-state index < -0.39 is 0 Å². The molecule has 0 aliphatic heterocycles. The molecule has 1 fully saturated rings. The summed E-state index contributed by atoms with van der Waals surface area (Å²) in [5, 5.41) is 4.33. The first kappa shape index (κ1) is 18.3. The number of rotatable bonds is 4. The Labute approximate surface area is 156 Å². The fourth-order valence-electron chi connectivity index (χ4n) is 3.55. The predicted octanol–water partition coefficient (Wildman–Crippen LogP) is 3.42. The molecule has 1 aliphatic carbocycles. The summed E-state index contributed by atoms with van der Waals surface area (Å²) in [5.41, 5.74) is 0.626. The van der Waals surface area contributed by atoms with E-state index in [9.17, 15) is 4.79 Å². The molecule has 2 aromatic heterocycles. The van der Waals surface area contributed by atoms with Crippen molar-refractivity contribution < 1.29 is 0 Å². The lowest BCUT2D eigenvalue weighted by atomic mass is 9.91. The Kier molecular flexibility index (Phi) is 5.43. The van der Waals surface area contributed by atoms with Crippen LogP contribution in [0, 0.1) is 0 Å². The molecule has 3 rings (SSSR count). The molecule has 1 aliphatic rings. The zero-order chi connectivity index (χ0) is 18.1. The van der Waals surface area contributed by atoms with E-state index in [-0.39, 0.29) is 11.6 Å². The van der Waals surface area contributed by atoms with Crippen LogP contribution < -0.4 is 10.9 Å². The second-order valence-corrected chi connectivity index (χ2v) is 8.20. The van der Waals surface area contributed by atoms with E-state index >= 15 is 0 Å². The molecule has 0 radical (unpaired) electrons. The Balaban J connectivity index is 1.85. The van der Waals surface area contributed by atoms with Gasteiger partial charge >= 0.3 is 0 Å². The van der Waals surface area contributed by atoms with Crippen LogP contribution in [0.5, 0.6) is 0 Å². The Morgan fingerprint density at radius 1 is 1.28 bits per heavy atom. The van der Waals surface area contributed by atoms with Crippen molar-refractivity contribution >= 4 is 32.9 Å². The molecule has 0 bridgehead atoms. The SMILES string of the molecule is CC(C)n1c(=O)c(Br)cc2cnc(N[C@H]3CC[C@H](N(C)C)CC3)nc21. The maximum absolute atomic E-state index is 12.5. The molecular weight excluding hydrogens is 382 g/mol. The number of fused-ring (bicyclic) bond motifs is 1. The van der Waals surface area contributed by atoms with Crippen LogP contribution >= 0.6 is 15.9 Å². The van der Waals surface area contributed by atoms with E-state index in [0.29, 0.717) is 28.2 Å². The summed E-state index contributed by atoms with van der Waals surface area (Å²) in [4.78, 5) is 23.9. The molecule has 1 saturated carbocycles. The molecule has 25 heavy (non-hydrogen) atoms. The third kappa shape index (κ3) is 3.87. The van der Waals surface area contributed by atoms with Gasteiger partial charge in [0.1, 0.15) is 5.65 Å². The average molecular weight is 408 g/mol. The lowest BCUT2D eigenvalue weighted by Crippen LogP contribution is -2.36. The van der Waals surface area contributed by atoms with Crippen LogP contribution in [0.1, 0.15) is 45.6 Å². The lowest BCUT2D eigenvalue weighted by Gasteiger charge is -2.33. The van der Waals surface area contributed by atoms with Gasteiger partial charge in [-0.05, 0) is 75.6 Å². The van der Waals surface area contributed by atoms with Crippen LogP contribution in [0.25, 0.3) is 11.0 Å². The van der Waals surface area contributed by atoms with Crippen molar-refractivity contribution in [1.29, 1.82) is 0 Å². The number of aromatic nitrogens is 3. The van der Waals surface area contributed by atoms with Gasteiger partial charge in [-0.15, -0.1) is 0 Å². The summed E-state index contributed by atoms with van der Waals surface area (Å²) >= 11 is 3.34. The smallest absolute Gasteiger partial charge is 0.266 e. The highest BCUT2D eigenvalue weighted by Gasteiger charge is 2.23. The van der Waals surface area contributed by atoms with Crippen molar-refractivity contribution in [1.82, 2.24) is 19.4 Å². The van der Waals surface area contributed by atoms with Gasteiger partial charge in [-0.25, -0.2) is 4.98 Å². The van der Waals surface area contributed by atoms with Crippen molar-refractivity contribution in [3.05, 3.63) is 27.1 Å². The average Bonchev–Trinajstić information content (AvgIpc) is 2.56. The van der Waals surface area contributed by atoms with Gasteiger partial charge in [-0.2, -0.15) is 4.98 Å². The van der Waals surface area contributed by atoms with Crippen LogP contribution in [-0.4, -0.2) is 45.6 Å². The topological polar surface area (TPSA) is 63.1 Å². The normalized spacial score (nSPS) is 21.2. The fourth-order valence-corrected chi connectivity index (χ4v) is 3.99. The highest BCUT2D eigenvalue weighted by Crippen LogP contribution is 2.24. The summed E-state index contributed by atoms with van der Waals surface area (Å²) < 4.78 is 2.26. The zero-order valence-corrected chi connectivity index (χ0v) is 16.9. The Hall–Kier alpha value is -1.47. The highest BCUT2D eigenvalue weighted by atomic mass is 79.9. The monoisotopic (exact) mass is 407 g/mol. The molecule has 2 aromatic rings. The summed E-state index contributed by atoms with van der Waals surface area (Å²) in [6.45, 7) is 3.98. The summed E-state index contributed by atoms with van der Waals surface area (Å²) in [5.74, 6) is 0.608. The number of halogens is 1. The van der Waals surface area contributed by atoms with Crippen LogP contribution in [0.4, 0.5) is 5.95 Å². The molecule has 0 aromatic carbocycles. The van der Waals surface area contributed by atoms with Gasteiger partial charge in [0.2, 0.25) is 5.95 Å². The number of hydrogen-bond donors (Lipinski definition) is 1. The van der Waals surface area contributed by atoms with Gasteiger partial charge in [0.25, 0.3) is 5.56 Å². The van der Waals surface area contributed by atoms with Crippen LogP contribution in [0.3, 0.4) is 0 Å². The van der Waals surface area contributed by atoms with Gasteiger partial charge in [0, 0.05) is 29.7 Å². The fraction of sp³-hybridized carbons (Fsp3) is 0.611. The highest BCUT2D eigenvalue weighted by molar-refractivity contribution is 9.10. The van der Waals surface area contributed by atoms with Crippen molar-refractivity contribution in [2.75, 3.05) is 19.4 Å². The molecule has 6 nitrogen and oxygen atoms in total. The first-order chi connectivity index (χ1) is 11.9. The number of nitrogens with one attached hydrogen (secondary N) is 1. The minimum absolute atomic E-state index is 0.0331. The first-order valence-electron chi connectivity index (χ1n) is 8.87. The number of nitrogens with zero attached hydrogens (tertiary/aromatic N) is 4. The van der Waals surface area contributed by atoms with E-state index in [4.69, 9.17) is 0 Å². The molecule has 7 heteroatoms. The molecule has 0 unspecified atom stereocenters. The maximum atomic E-state index is 12.5. The third-order valence-corrected chi connectivity index (χ3v) is 5.57. The number of hydrogen-bond acceptors (Lipinski definition) is 5. The molecule has 0 atom stereocenters. The predicted molar refractivity (Wildman–Crippen MR) is 105 cm³/mol. The Bertz CT molecular complexity index is 809. The largest absolute Gasteiger partial charge is 0.351 e. The summed E-state index contributed by atoms with van der Waals surface area (Å²) in [6, 6.07) is 2.89. The molecule has 136 valence electrons. The van der Waals surface area contributed by atoms with Gasteiger partial charge < -0.3 is 10.2 Å². The lowest BCUT2D eigenvalue weighted by molar-refractivity contribution is 0.221. The summed E-state index contributed by atoms with van der Waals surface area (Å²) in [7, 11) is 4.29. The van der Waals surface area contributed by atoms with E-state index in [0.717, 1.165) is 18.2 Å².